The molecule has 2 aromatic heterocycles. The molecule has 118 valence electrons. The molecule has 0 radical (unpaired) electrons. The van der Waals surface area contributed by atoms with Crippen LogP contribution in [-0.2, 0) is 26.8 Å². The Kier molecular flexibility index (Phi) is 3.37. The van der Waals surface area contributed by atoms with Crippen molar-refractivity contribution in [3.05, 3.63) is 34.3 Å². The van der Waals surface area contributed by atoms with Crippen LogP contribution in [0.4, 0.5) is 0 Å². The number of imidazole rings is 1. The van der Waals surface area contributed by atoms with Gasteiger partial charge in [-0.1, -0.05) is 0 Å². The Morgan fingerprint density at radius 3 is 2.91 bits per heavy atom. The van der Waals surface area contributed by atoms with Gasteiger partial charge < -0.3 is 9.72 Å². The zero-order valence-corrected chi connectivity index (χ0v) is 13.6. The van der Waals surface area contributed by atoms with Gasteiger partial charge in [0.2, 0.25) is 5.16 Å². The Morgan fingerprint density at radius 2 is 2.18 bits per heavy atom. The molecule has 0 atom stereocenters. The van der Waals surface area contributed by atoms with Crippen molar-refractivity contribution < 1.29 is 13.2 Å². The first-order valence-corrected chi connectivity index (χ1v) is 9.64. The van der Waals surface area contributed by atoms with E-state index in [4.69, 9.17) is 4.74 Å². The Morgan fingerprint density at radius 1 is 1.36 bits per heavy atom. The van der Waals surface area contributed by atoms with E-state index >= 15 is 0 Å². The maximum atomic E-state index is 12.5. The molecule has 4 rings (SSSR count). The topological polar surface area (TPSA) is 75.3 Å². The highest BCUT2D eigenvalue weighted by molar-refractivity contribution is 7.88. The Hall–Kier alpha value is -1.22. The molecule has 1 spiro atoms. The quantitative estimate of drug-likeness (QED) is 0.904. The second kappa shape index (κ2) is 5.16. The number of nitrogens with zero attached hydrogens (tertiary/aromatic N) is 2. The highest BCUT2D eigenvalue weighted by atomic mass is 32.2. The summed E-state index contributed by atoms with van der Waals surface area (Å²) < 4.78 is 32.6. The second-order valence-corrected chi connectivity index (χ2v) is 8.44. The van der Waals surface area contributed by atoms with Gasteiger partial charge in [-0.3, -0.25) is 0 Å². The second-order valence-electron chi connectivity index (χ2n) is 5.67. The van der Waals surface area contributed by atoms with E-state index in [1.54, 1.807) is 11.3 Å². The van der Waals surface area contributed by atoms with E-state index < -0.39 is 10.0 Å². The van der Waals surface area contributed by atoms with Gasteiger partial charge in [-0.2, -0.15) is 4.31 Å². The summed E-state index contributed by atoms with van der Waals surface area (Å²) in [7, 11) is -3.52. The Labute approximate surface area is 133 Å². The van der Waals surface area contributed by atoms with E-state index in [1.165, 1.54) is 27.1 Å². The number of nitrogens with one attached hydrogen (secondary N) is 1. The number of H-pyrrole nitrogens is 1. The van der Waals surface area contributed by atoms with Gasteiger partial charge in [0.05, 0.1) is 6.61 Å². The largest absolute Gasteiger partial charge is 0.369 e. The molecule has 4 heterocycles. The number of sulfonamides is 1. The first kappa shape index (κ1) is 14.4. The fourth-order valence-corrected chi connectivity index (χ4v) is 5.81. The number of aromatic nitrogens is 2. The summed E-state index contributed by atoms with van der Waals surface area (Å²) in [6.07, 6.45) is 5.33. The fourth-order valence-electron chi connectivity index (χ4n) is 3.33. The van der Waals surface area contributed by atoms with Gasteiger partial charge in [-0.15, -0.1) is 11.3 Å². The molecule has 0 aromatic carbocycles. The van der Waals surface area contributed by atoms with Crippen LogP contribution in [0.1, 0.15) is 23.3 Å². The Balaban J connectivity index is 1.57. The van der Waals surface area contributed by atoms with Crippen LogP contribution < -0.4 is 0 Å². The van der Waals surface area contributed by atoms with Crippen molar-refractivity contribution in [2.24, 2.45) is 0 Å². The van der Waals surface area contributed by atoms with Crippen LogP contribution in [0.5, 0.6) is 0 Å². The maximum Gasteiger partial charge on any atom is 0.276 e. The molecule has 8 heteroatoms. The molecule has 1 saturated heterocycles. The van der Waals surface area contributed by atoms with Crippen molar-refractivity contribution in [2.45, 2.75) is 30.0 Å². The molecule has 0 amide bonds. The van der Waals surface area contributed by atoms with Crippen molar-refractivity contribution in [1.82, 2.24) is 14.3 Å². The number of hydrogen-bond donors (Lipinski definition) is 1. The lowest BCUT2D eigenvalue weighted by molar-refractivity contribution is -0.0862. The van der Waals surface area contributed by atoms with Gasteiger partial charge in [-0.05, 0) is 36.3 Å². The molecule has 2 aromatic rings. The van der Waals surface area contributed by atoms with E-state index in [0.29, 0.717) is 32.5 Å². The molecule has 6 nitrogen and oxygen atoms in total. The third kappa shape index (κ3) is 2.13. The first-order chi connectivity index (χ1) is 10.6. The number of thiophene rings is 1. The average molecular weight is 339 g/mol. The summed E-state index contributed by atoms with van der Waals surface area (Å²) in [4.78, 5) is 7.85. The van der Waals surface area contributed by atoms with E-state index in [0.717, 1.165) is 6.42 Å². The Bertz CT molecular complexity index is 759. The number of aromatic amines is 1. The first-order valence-electron chi connectivity index (χ1n) is 7.32. The lowest BCUT2D eigenvalue weighted by atomic mass is 9.86. The molecule has 22 heavy (non-hydrogen) atoms. The molecule has 1 N–H and O–H groups in total. The predicted octanol–water partition coefficient (Wildman–Crippen LogP) is 1.72. The van der Waals surface area contributed by atoms with Crippen LogP contribution >= 0.6 is 11.3 Å². The van der Waals surface area contributed by atoms with Crippen LogP contribution in [0, 0.1) is 0 Å². The average Bonchev–Trinajstić information content (AvgIpc) is 3.20. The molecule has 0 unspecified atom stereocenters. The van der Waals surface area contributed by atoms with E-state index in [2.05, 4.69) is 21.4 Å². The molecule has 0 saturated carbocycles. The van der Waals surface area contributed by atoms with Crippen molar-refractivity contribution in [1.29, 1.82) is 0 Å². The normalized spacial score (nSPS) is 21.8. The smallest absolute Gasteiger partial charge is 0.276 e. The maximum absolute atomic E-state index is 12.5. The van der Waals surface area contributed by atoms with Crippen LogP contribution in [0.3, 0.4) is 0 Å². The van der Waals surface area contributed by atoms with E-state index in [1.807, 2.05) is 0 Å². The summed E-state index contributed by atoms with van der Waals surface area (Å²) in [5, 5.41) is 2.12. The lowest BCUT2D eigenvalue weighted by Gasteiger charge is -2.43. The summed E-state index contributed by atoms with van der Waals surface area (Å²) in [5.41, 5.74) is 1.07. The van der Waals surface area contributed by atoms with Crippen LogP contribution in [-0.4, -0.2) is 42.4 Å². The van der Waals surface area contributed by atoms with Gasteiger partial charge in [0.15, 0.2) is 0 Å². The third-order valence-corrected chi connectivity index (χ3v) is 7.40. The van der Waals surface area contributed by atoms with Crippen LogP contribution in [0.25, 0.3) is 0 Å². The minimum Gasteiger partial charge on any atom is -0.369 e. The number of rotatable bonds is 2. The van der Waals surface area contributed by atoms with Crippen molar-refractivity contribution in [2.75, 3.05) is 19.7 Å². The van der Waals surface area contributed by atoms with Gasteiger partial charge in [0, 0.05) is 30.4 Å². The van der Waals surface area contributed by atoms with Crippen LogP contribution in [0.2, 0.25) is 0 Å². The molecular formula is C14H17N3O3S2. The van der Waals surface area contributed by atoms with Gasteiger partial charge >= 0.3 is 0 Å². The molecule has 2 aliphatic rings. The zero-order chi connectivity index (χ0) is 15.2. The van der Waals surface area contributed by atoms with E-state index in [9.17, 15) is 8.42 Å². The molecule has 2 aliphatic heterocycles. The lowest BCUT2D eigenvalue weighted by Crippen LogP contribution is -2.47. The minimum atomic E-state index is -3.52. The standard InChI is InChI=1S/C14H17N3O3S2/c18-22(19,13-15-5-6-16-13)17-7-3-14(4-8-17)12-11(1-9-20-14)2-10-21-12/h2,5-6,10H,1,3-4,7-9H2,(H,15,16). The number of hydrogen-bond acceptors (Lipinski definition) is 5. The van der Waals surface area contributed by atoms with Crippen molar-refractivity contribution >= 4 is 21.4 Å². The number of ether oxygens (including phenoxy) is 1. The summed E-state index contributed by atoms with van der Waals surface area (Å²) in [6.45, 7) is 1.63. The monoisotopic (exact) mass is 339 g/mol. The number of fused-ring (bicyclic) bond motifs is 2. The van der Waals surface area contributed by atoms with Crippen molar-refractivity contribution in [3.63, 3.8) is 0 Å². The number of piperidine rings is 1. The fraction of sp³-hybridized carbons (Fsp3) is 0.500. The zero-order valence-electron chi connectivity index (χ0n) is 12.0. The predicted molar refractivity (Wildman–Crippen MR) is 82.2 cm³/mol. The molecular weight excluding hydrogens is 322 g/mol. The summed E-state index contributed by atoms with van der Waals surface area (Å²) in [6, 6.07) is 2.16. The van der Waals surface area contributed by atoms with E-state index in [-0.39, 0.29) is 10.8 Å². The summed E-state index contributed by atoms with van der Waals surface area (Å²) in [5.74, 6) is 0. The van der Waals surface area contributed by atoms with Gasteiger partial charge in [0.25, 0.3) is 10.0 Å². The van der Waals surface area contributed by atoms with Gasteiger partial charge in [-0.25, -0.2) is 13.4 Å². The van der Waals surface area contributed by atoms with Gasteiger partial charge in [0.1, 0.15) is 5.60 Å². The highest BCUT2D eigenvalue weighted by Gasteiger charge is 2.44. The summed E-state index contributed by atoms with van der Waals surface area (Å²) >= 11 is 1.73. The molecule has 0 bridgehead atoms. The molecule has 0 aliphatic carbocycles. The van der Waals surface area contributed by atoms with Crippen molar-refractivity contribution in [3.8, 4) is 0 Å². The minimum absolute atomic E-state index is 0.0184. The highest BCUT2D eigenvalue weighted by Crippen LogP contribution is 2.44. The molecule has 1 fully saturated rings. The SMILES string of the molecule is O=S(=O)(c1ncc[nH]1)N1CCC2(CC1)OCCc1ccsc12. The third-order valence-electron chi connectivity index (χ3n) is 4.50. The van der Waals surface area contributed by atoms with Crippen LogP contribution in [0.15, 0.2) is 29.0 Å².